The molecule has 1 aromatic carbocycles. The van der Waals surface area contributed by atoms with E-state index in [9.17, 15) is 0 Å². The number of aromatic nitrogens is 2. The van der Waals surface area contributed by atoms with E-state index in [2.05, 4.69) is 25.2 Å². The number of anilines is 1. The van der Waals surface area contributed by atoms with Gasteiger partial charge in [-0.05, 0) is 47.2 Å². The SMILES string of the molecule is [N-]=[N+]=Nc1ccc(N2CCCCC2)c2nonc12. The normalized spacial score (nSPS) is 15.7. The molecule has 0 amide bonds. The Morgan fingerprint density at radius 3 is 2.72 bits per heavy atom. The molecular formula is C11H12N6O. The van der Waals surface area contributed by atoms with Crippen molar-refractivity contribution in [1.29, 1.82) is 0 Å². The lowest BCUT2D eigenvalue weighted by molar-refractivity contribution is 0.315. The predicted octanol–water partition coefficient (Wildman–Crippen LogP) is 3.15. The lowest BCUT2D eigenvalue weighted by Crippen LogP contribution is -2.29. The standard InChI is InChI=1S/C11H12N6O/c12-16-13-8-4-5-9(11-10(8)14-18-15-11)17-6-2-1-3-7-17/h4-5H,1-3,6-7H2. The molecule has 0 saturated carbocycles. The number of rotatable bonds is 2. The summed E-state index contributed by atoms with van der Waals surface area (Å²) >= 11 is 0. The van der Waals surface area contributed by atoms with Gasteiger partial charge < -0.3 is 4.90 Å². The number of fused-ring (bicyclic) bond motifs is 1. The Bertz CT molecular complexity index is 609. The summed E-state index contributed by atoms with van der Waals surface area (Å²) in [4.78, 5) is 5.05. The minimum atomic E-state index is 0.453. The molecule has 2 heterocycles. The van der Waals surface area contributed by atoms with E-state index in [0.717, 1.165) is 18.8 Å². The van der Waals surface area contributed by atoms with Crippen LogP contribution >= 0.6 is 0 Å². The van der Waals surface area contributed by atoms with Gasteiger partial charge in [-0.15, -0.1) is 0 Å². The summed E-state index contributed by atoms with van der Waals surface area (Å²) in [6.07, 6.45) is 3.64. The molecule has 7 heteroatoms. The van der Waals surface area contributed by atoms with Crippen LogP contribution in [0.25, 0.3) is 21.5 Å². The molecule has 2 aromatic rings. The Morgan fingerprint density at radius 1 is 1.17 bits per heavy atom. The summed E-state index contributed by atoms with van der Waals surface area (Å²) in [6, 6.07) is 3.68. The van der Waals surface area contributed by atoms with Crippen LogP contribution < -0.4 is 4.90 Å². The smallest absolute Gasteiger partial charge is 0.158 e. The van der Waals surface area contributed by atoms with Crippen molar-refractivity contribution in [3.63, 3.8) is 0 Å². The van der Waals surface area contributed by atoms with Gasteiger partial charge in [0, 0.05) is 18.0 Å². The number of azide groups is 1. The summed E-state index contributed by atoms with van der Waals surface area (Å²) in [5, 5.41) is 11.3. The summed E-state index contributed by atoms with van der Waals surface area (Å²) < 4.78 is 4.77. The predicted molar refractivity (Wildman–Crippen MR) is 66.7 cm³/mol. The highest BCUT2D eigenvalue weighted by Crippen LogP contribution is 2.32. The maximum atomic E-state index is 8.50. The first-order valence-electron chi connectivity index (χ1n) is 5.95. The van der Waals surface area contributed by atoms with Crippen molar-refractivity contribution in [2.45, 2.75) is 19.3 Å². The van der Waals surface area contributed by atoms with Crippen molar-refractivity contribution in [3.8, 4) is 0 Å². The minimum Gasteiger partial charge on any atom is -0.370 e. The monoisotopic (exact) mass is 244 g/mol. The van der Waals surface area contributed by atoms with Crippen LogP contribution in [0.5, 0.6) is 0 Å². The Labute approximate surface area is 103 Å². The van der Waals surface area contributed by atoms with Crippen molar-refractivity contribution in [1.82, 2.24) is 10.3 Å². The van der Waals surface area contributed by atoms with Gasteiger partial charge in [0.15, 0.2) is 5.52 Å². The molecular weight excluding hydrogens is 232 g/mol. The maximum absolute atomic E-state index is 8.50. The van der Waals surface area contributed by atoms with Crippen LogP contribution in [0.4, 0.5) is 11.4 Å². The molecule has 1 aliphatic heterocycles. The summed E-state index contributed by atoms with van der Waals surface area (Å²) in [5.74, 6) is 0. The highest BCUT2D eigenvalue weighted by Gasteiger charge is 2.17. The van der Waals surface area contributed by atoms with Crippen LogP contribution in [0.3, 0.4) is 0 Å². The Kier molecular flexibility index (Phi) is 2.74. The fourth-order valence-electron chi connectivity index (χ4n) is 2.36. The van der Waals surface area contributed by atoms with Gasteiger partial charge >= 0.3 is 0 Å². The molecule has 18 heavy (non-hydrogen) atoms. The van der Waals surface area contributed by atoms with Crippen molar-refractivity contribution in [2.75, 3.05) is 18.0 Å². The van der Waals surface area contributed by atoms with Gasteiger partial charge in [0.25, 0.3) is 0 Å². The zero-order valence-corrected chi connectivity index (χ0v) is 9.78. The molecule has 0 spiro atoms. The molecule has 0 N–H and O–H groups in total. The van der Waals surface area contributed by atoms with Crippen LogP contribution in [-0.2, 0) is 0 Å². The zero-order chi connectivity index (χ0) is 12.4. The van der Waals surface area contributed by atoms with Gasteiger partial charge in [-0.1, -0.05) is 5.11 Å². The van der Waals surface area contributed by atoms with Gasteiger partial charge in [0.2, 0.25) is 0 Å². The second-order valence-corrected chi connectivity index (χ2v) is 4.30. The van der Waals surface area contributed by atoms with E-state index in [1.807, 2.05) is 6.07 Å². The minimum absolute atomic E-state index is 0.453. The fraction of sp³-hybridized carbons (Fsp3) is 0.455. The van der Waals surface area contributed by atoms with E-state index < -0.39 is 0 Å². The molecule has 0 radical (unpaired) electrons. The first kappa shape index (κ1) is 10.9. The van der Waals surface area contributed by atoms with Gasteiger partial charge in [-0.25, -0.2) is 4.63 Å². The molecule has 1 aliphatic rings. The third-order valence-electron chi connectivity index (χ3n) is 3.22. The molecule has 1 aromatic heterocycles. The molecule has 0 aliphatic carbocycles. The molecule has 92 valence electrons. The van der Waals surface area contributed by atoms with Crippen molar-refractivity contribution in [3.05, 3.63) is 22.6 Å². The van der Waals surface area contributed by atoms with Gasteiger partial charge in [-0.3, -0.25) is 0 Å². The highest BCUT2D eigenvalue weighted by molar-refractivity contribution is 5.95. The maximum Gasteiger partial charge on any atom is 0.158 e. The largest absolute Gasteiger partial charge is 0.370 e. The van der Waals surface area contributed by atoms with Crippen LogP contribution in [0.1, 0.15) is 19.3 Å². The Hall–Kier alpha value is -2.27. The first-order valence-corrected chi connectivity index (χ1v) is 5.95. The van der Waals surface area contributed by atoms with Gasteiger partial charge in [0.05, 0.1) is 11.4 Å². The van der Waals surface area contributed by atoms with E-state index in [1.54, 1.807) is 6.07 Å². The topological polar surface area (TPSA) is 90.9 Å². The number of nitrogens with zero attached hydrogens (tertiary/aromatic N) is 6. The number of piperidine rings is 1. The lowest BCUT2D eigenvalue weighted by atomic mass is 10.1. The molecule has 1 fully saturated rings. The average Bonchev–Trinajstić information content (AvgIpc) is 2.90. The molecule has 0 bridgehead atoms. The quantitative estimate of drug-likeness (QED) is 0.461. The van der Waals surface area contributed by atoms with E-state index in [1.165, 1.54) is 19.3 Å². The van der Waals surface area contributed by atoms with Gasteiger partial charge in [-0.2, -0.15) is 0 Å². The van der Waals surface area contributed by atoms with Gasteiger partial charge in [0.1, 0.15) is 5.52 Å². The number of hydrogen-bond donors (Lipinski definition) is 0. The summed E-state index contributed by atoms with van der Waals surface area (Å²) in [6.45, 7) is 2.03. The Balaban J connectivity index is 2.10. The highest BCUT2D eigenvalue weighted by atomic mass is 16.6. The van der Waals surface area contributed by atoms with Crippen molar-refractivity contribution >= 4 is 22.4 Å². The second-order valence-electron chi connectivity index (χ2n) is 4.30. The second kappa shape index (κ2) is 4.54. The Morgan fingerprint density at radius 2 is 1.94 bits per heavy atom. The molecule has 0 unspecified atom stereocenters. The average molecular weight is 244 g/mol. The van der Waals surface area contributed by atoms with E-state index in [0.29, 0.717) is 16.7 Å². The van der Waals surface area contributed by atoms with E-state index in [4.69, 9.17) is 10.2 Å². The van der Waals surface area contributed by atoms with Crippen LogP contribution in [0.2, 0.25) is 0 Å². The van der Waals surface area contributed by atoms with E-state index >= 15 is 0 Å². The van der Waals surface area contributed by atoms with Crippen LogP contribution in [-0.4, -0.2) is 23.4 Å². The van der Waals surface area contributed by atoms with Crippen molar-refractivity contribution < 1.29 is 4.63 Å². The van der Waals surface area contributed by atoms with Crippen LogP contribution in [0.15, 0.2) is 21.9 Å². The summed E-state index contributed by atoms with van der Waals surface area (Å²) in [7, 11) is 0. The van der Waals surface area contributed by atoms with E-state index in [-0.39, 0.29) is 0 Å². The number of hydrogen-bond acceptors (Lipinski definition) is 5. The first-order chi connectivity index (χ1) is 8.90. The summed E-state index contributed by atoms with van der Waals surface area (Å²) in [5.41, 5.74) is 11.2. The third kappa shape index (κ3) is 1.74. The van der Waals surface area contributed by atoms with Crippen LogP contribution in [0, 0.1) is 0 Å². The molecule has 3 rings (SSSR count). The molecule has 0 atom stereocenters. The lowest BCUT2D eigenvalue weighted by Gasteiger charge is -2.28. The molecule has 7 nitrogen and oxygen atoms in total. The number of benzene rings is 1. The molecule has 1 saturated heterocycles. The van der Waals surface area contributed by atoms with Crippen molar-refractivity contribution in [2.24, 2.45) is 5.11 Å². The fourth-order valence-corrected chi connectivity index (χ4v) is 2.36. The zero-order valence-electron chi connectivity index (χ0n) is 9.78. The third-order valence-corrected chi connectivity index (χ3v) is 3.22.